The average molecular weight is 448 g/mol. The van der Waals surface area contributed by atoms with Crippen molar-refractivity contribution in [1.29, 1.82) is 0 Å². The highest BCUT2D eigenvalue weighted by Gasteiger charge is 2.32. The van der Waals surface area contributed by atoms with Gasteiger partial charge in [0.05, 0.1) is 11.8 Å². The van der Waals surface area contributed by atoms with Crippen LogP contribution in [0.25, 0.3) is 21.3 Å². The fraction of sp³-hybridized carbons (Fsp3) is 0.522. The van der Waals surface area contributed by atoms with Crippen molar-refractivity contribution in [2.75, 3.05) is 0 Å². The highest BCUT2D eigenvalue weighted by atomic mass is 32.1. The lowest BCUT2D eigenvalue weighted by Crippen LogP contribution is -2.27. The van der Waals surface area contributed by atoms with E-state index in [1.54, 1.807) is 11.3 Å². The molecule has 0 radical (unpaired) electrons. The molecule has 0 aliphatic heterocycles. The van der Waals surface area contributed by atoms with Gasteiger partial charge in [-0.15, -0.1) is 11.3 Å². The number of carbonyl (C=O) groups is 1. The second-order valence-electron chi connectivity index (χ2n) is 9.08. The second-order valence-corrected chi connectivity index (χ2v) is 10.2. The fourth-order valence-corrected chi connectivity index (χ4v) is 5.63. The smallest absolute Gasteiger partial charge is 0.333 e. The molecule has 3 aromatic rings. The molecule has 1 unspecified atom stereocenters. The van der Waals surface area contributed by atoms with Crippen LogP contribution in [0.4, 0.5) is 8.78 Å². The Hall–Kier alpha value is -2.19. The van der Waals surface area contributed by atoms with Crippen LogP contribution in [-0.2, 0) is 22.4 Å². The van der Waals surface area contributed by atoms with Crippen LogP contribution in [0, 0.1) is 6.92 Å². The zero-order valence-corrected chi connectivity index (χ0v) is 19.3. The molecule has 0 spiro atoms. The maximum absolute atomic E-state index is 13.3. The normalized spacial score (nSPS) is 15.5. The molecule has 3 heterocycles. The van der Waals surface area contributed by atoms with Gasteiger partial charge in [0, 0.05) is 38.8 Å². The Kier molecular flexibility index (Phi) is 5.72. The van der Waals surface area contributed by atoms with E-state index in [0.29, 0.717) is 21.5 Å². The van der Waals surface area contributed by atoms with Gasteiger partial charge < -0.3 is 4.74 Å². The minimum atomic E-state index is -2.73. The van der Waals surface area contributed by atoms with Gasteiger partial charge >= 0.3 is 6.55 Å². The maximum Gasteiger partial charge on any atom is 0.333 e. The molecular weight excluding hydrogens is 420 g/mol. The Morgan fingerprint density at radius 1 is 1.26 bits per heavy atom. The van der Waals surface area contributed by atoms with Crippen molar-refractivity contribution < 1.29 is 18.3 Å². The van der Waals surface area contributed by atoms with E-state index in [1.807, 2.05) is 27.7 Å². The number of alkyl halides is 2. The van der Waals surface area contributed by atoms with E-state index in [9.17, 15) is 13.6 Å². The Bertz CT molecular complexity index is 1140. The first-order chi connectivity index (χ1) is 14.6. The first-order valence-corrected chi connectivity index (χ1v) is 11.3. The number of ketones is 1. The van der Waals surface area contributed by atoms with Crippen molar-refractivity contribution in [3.63, 3.8) is 0 Å². The monoisotopic (exact) mass is 447 g/mol. The number of hydrogen-bond donors (Lipinski definition) is 0. The second kappa shape index (κ2) is 8.06. The summed E-state index contributed by atoms with van der Waals surface area (Å²) in [6, 6.07) is 0. The average Bonchev–Trinajstić information content (AvgIpc) is 3.29. The summed E-state index contributed by atoms with van der Waals surface area (Å²) in [6.45, 7) is 6.30. The van der Waals surface area contributed by atoms with Gasteiger partial charge in [0.1, 0.15) is 10.9 Å². The summed E-state index contributed by atoms with van der Waals surface area (Å²) in [7, 11) is 0. The van der Waals surface area contributed by atoms with E-state index in [2.05, 4.69) is 5.10 Å². The van der Waals surface area contributed by atoms with Gasteiger partial charge in [0.15, 0.2) is 5.78 Å². The summed E-state index contributed by atoms with van der Waals surface area (Å²) in [5, 5.41) is 4.83. The lowest BCUT2D eigenvalue weighted by Gasteiger charge is -2.28. The van der Waals surface area contributed by atoms with Crippen LogP contribution in [0.5, 0.6) is 0 Å². The van der Waals surface area contributed by atoms with Gasteiger partial charge in [-0.1, -0.05) is 0 Å². The van der Waals surface area contributed by atoms with Crippen LogP contribution in [0.3, 0.4) is 0 Å². The molecule has 0 amide bonds. The first-order valence-electron chi connectivity index (χ1n) is 10.5. The van der Waals surface area contributed by atoms with Gasteiger partial charge in [-0.2, -0.15) is 13.9 Å². The summed E-state index contributed by atoms with van der Waals surface area (Å²) < 4.78 is 33.5. The van der Waals surface area contributed by atoms with Crippen LogP contribution in [0.1, 0.15) is 74.9 Å². The molecule has 0 saturated carbocycles. The van der Waals surface area contributed by atoms with Crippen molar-refractivity contribution in [3.8, 4) is 11.1 Å². The number of rotatable bonds is 5. The van der Waals surface area contributed by atoms with Crippen molar-refractivity contribution >= 4 is 27.3 Å². The van der Waals surface area contributed by atoms with E-state index in [1.165, 1.54) is 29.8 Å². The van der Waals surface area contributed by atoms with Crippen LogP contribution >= 0.6 is 11.3 Å². The molecule has 0 aromatic carbocycles. The number of Topliss-reactive ketones (excluding diaryl/α,β-unsaturated/α-hetero) is 1. The van der Waals surface area contributed by atoms with Crippen molar-refractivity contribution in [3.05, 3.63) is 34.1 Å². The van der Waals surface area contributed by atoms with Gasteiger partial charge in [0.25, 0.3) is 0 Å². The number of aryl methyl sites for hydroxylation is 3. The summed E-state index contributed by atoms with van der Waals surface area (Å²) in [5.41, 5.74) is 3.28. The number of pyridine rings is 1. The van der Waals surface area contributed by atoms with Crippen LogP contribution in [0.2, 0.25) is 0 Å². The summed E-state index contributed by atoms with van der Waals surface area (Å²) in [4.78, 5) is 19.8. The summed E-state index contributed by atoms with van der Waals surface area (Å²) in [6.07, 6.45) is 6.07. The summed E-state index contributed by atoms with van der Waals surface area (Å²) in [5.74, 6) is -0.147. The molecule has 0 N–H and O–H groups in total. The van der Waals surface area contributed by atoms with Gasteiger partial charge in [-0.3, -0.25) is 4.79 Å². The molecule has 0 saturated heterocycles. The van der Waals surface area contributed by atoms with E-state index >= 15 is 0 Å². The fourth-order valence-electron chi connectivity index (χ4n) is 4.31. The molecule has 0 fully saturated rings. The molecular formula is C23H27F2N3O2S. The SMILES string of the molecule is CC(=O)C(OC(C)(C)C)c1c(C)nc2sc3c(c2c1-c1cnn(C(F)F)c1)CCCC3. The first kappa shape index (κ1) is 22.0. The van der Waals surface area contributed by atoms with Crippen molar-refractivity contribution in [1.82, 2.24) is 14.8 Å². The van der Waals surface area contributed by atoms with Gasteiger partial charge in [-0.25, -0.2) is 9.67 Å². The topological polar surface area (TPSA) is 57.0 Å². The largest absolute Gasteiger partial charge is 0.360 e. The third kappa shape index (κ3) is 4.15. The Morgan fingerprint density at radius 3 is 2.58 bits per heavy atom. The third-order valence-electron chi connectivity index (χ3n) is 5.52. The minimum Gasteiger partial charge on any atom is -0.360 e. The van der Waals surface area contributed by atoms with E-state index in [0.717, 1.165) is 41.5 Å². The number of carbonyl (C=O) groups excluding carboxylic acids is 1. The number of nitrogens with zero attached hydrogens (tertiary/aromatic N) is 3. The Balaban J connectivity index is 2.06. The zero-order chi connectivity index (χ0) is 22.5. The highest BCUT2D eigenvalue weighted by molar-refractivity contribution is 7.19. The highest BCUT2D eigenvalue weighted by Crippen LogP contribution is 2.45. The molecule has 31 heavy (non-hydrogen) atoms. The molecule has 1 aliphatic rings. The van der Waals surface area contributed by atoms with Crippen molar-refractivity contribution in [2.24, 2.45) is 0 Å². The van der Waals surface area contributed by atoms with Gasteiger partial charge in [-0.05, 0) is 65.9 Å². The molecule has 166 valence electrons. The predicted octanol–water partition coefficient (Wildman–Crippen LogP) is 6.19. The van der Waals surface area contributed by atoms with Crippen LogP contribution in [0.15, 0.2) is 12.4 Å². The quantitative estimate of drug-likeness (QED) is 0.468. The number of ether oxygens (including phenoxy) is 1. The molecule has 4 rings (SSSR count). The minimum absolute atomic E-state index is 0.147. The van der Waals surface area contributed by atoms with Crippen LogP contribution in [-0.4, -0.2) is 26.1 Å². The van der Waals surface area contributed by atoms with Crippen molar-refractivity contribution in [2.45, 2.75) is 78.6 Å². The molecule has 1 aliphatic carbocycles. The van der Waals surface area contributed by atoms with E-state index in [-0.39, 0.29) is 5.78 Å². The molecule has 1 atom stereocenters. The van der Waals surface area contributed by atoms with Crippen LogP contribution < -0.4 is 0 Å². The Morgan fingerprint density at radius 2 is 1.97 bits per heavy atom. The third-order valence-corrected chi connectivity index (χ3v) is 6.71. The molecule has 8 heteroatoms. The number of aromatic nitrogens is 3. The zero-order valence-electron chi connectivity index (χ0n) is 18.5. The summed E-state index contributed by atoms with van der Waals surface area (Å²) >= 11 is 1.67. The lowest BCUT2D eigenvalue weighted by molar-refractivity contribution is -0.138. The molecule has 5 nitrogen and oxygen atoms in total. The van der Waals surface area contributed by atoms with E-state index < -0.39 is 18.3 Å². The number of hydrogen-bond acceptors (Lipinski definition) is 5. The number of fused-ring (bicyclic) bond motifs is 3. The molecule has 0 bridgehead atoms. The maximum atomic E-state index is 13.3. The van der Waals surface area contributed by atoms with E-state index in [4.69, 9.17) is 9.72 Å². The lowest BCUT2D eigenvalue weighted by atomic mass is 9.88. The van der Waals surface area contributed by atoms with Gasteiger partial charge in [0.2, 0.25) is 0 Å². The number of halogens is 2. The standard InChI is InChI=1S/C23H27F2N3O2S/c1-12-17(20(13(2)29)30-23(3,4)5)18(14-10-26-28(11-14)22(24)25)19-15-8-6-7-9-16(15)31-21(19)27-12/h10-11,20,22H,6-9H2,1-5H3. The predicted molar refractivity (Wildman–Crippen MR) is 118 cm³/mol. The Labute approximate surface area is 184 Å². The molecule has 3 aromatic heterocycles. The number of thiophene rings is 1.